The quantitative estimate of drug-likeness (QED) is 0.162. The van der Waals surface area contributed by atoms with Crippen molar-refractivity contribution in [3.8, 4) is 17.6 Å². The van der Waals surface area contributed by atoms with E-state index in [4.69, 9.17) is 9.47 Å². The molecule has 1 fully saturated rings. The molecule has 4 N–H and O–H groups in total. The van der Waals surface area contributed by atoms with Gasteiger partial charge >= 0.3 is 6.09 Å². The number of carbonyl (C=O) groups is 2. The van der Waals surface area contributed by atoms with Gasteiger partial charge in [-0.05, 0) is 80.6 Å². The van der Waals surface area contributed by atoms with Crippen LogP contribution in [0.15, 0.2) is 71.8 Å². The average molecular weight is 644 g/mol. The molecule has 240 valence electrons. The Labute approximate surface area is 268 Å². The van der Waals surface area contributed by atoms with Crippen molar-refractivity contribution in [3.63, 3.8) is 0 Å². The van der Waals surface area contributed by atoms with E-state index in [1.54, 1.807) is 37.3 Å². The number of amides is 2. The van der Waals surface area contributed by atoms with Crippen LogP contribution in [-0.2, 0) is 14.8 Å². The fourth-order valence-corrected chi connectivity index (χ4v) is 6.73. The molecule has 2 unspecified atom stereocenters. The third-order valence-electron chi connectivity index (χ3n) is 7.99. The van der Waals surface area contributed by atoms with Gasteiger partial charge in [0.05, 0.1) is 13.2 Å². The van der Waals surface area contributed by atoms with E-state index in [0.29, 0.717) is 11.4 Å². The third kappa shape index (κ3) is 7.53. The predicted octanol–water partition coefficient (Wildman–Crippen LogP) is 6.06. The number of anilines is 1. The van der Waals surface area contributed by atoms with Crippen LogP contribution in [-0.4, -0.2) is 49.8 Å². The van der Waals surface area contributed by atoms with Crippen LogP contribution in [0.1, 0.15) is 78.9 Å². The smallest absolute Gasteiger partial charge is 0.411 e. The molecule has 5 rings (SSSR count). The number of ether oxygens (including phenoxy) is 2. The second kappa shape index (κ2) is 14.1. The van der Waals surface area contributed by atoms with Crippen LogP contribution < -0.4 is 14.8 Å². The first-order valence-electron chi connectivity index (χ1n) is 15.2. The second-order valence-corrected chi connectivity index (χ2v) is 13.1. The lowest BCUT2D eigenvalue weighted by Crippen LogP contribution is -2.31. The van der Waals surface area contributed by atoms with E-state index in [2.05, 4.69) is 26.9 Å². The summed E-state index contributed by atoms with van der Waals surface area (Å²) in [6, 6.07) is 16.5. The first-order valence-corrected chi connectivity index (χ1v) is 16.6. The third-order valence-corrected chi connectivity index (χ3v) is 9.38. The highest BCUT2D eigenvalue weighted by atomic mass is 32.2. The number of hydrogen-bond acceptors (Lipinski definition) is 7. The molecule has 3 aromatic carbocycles. The summed E-state index contributed by atoms with van der Waals surface area (Å²) in [4.78, 5) is 28.8. The number of fused-ring (bicyclic) bond motifs is 1. The molecule has 1 saturated carbocycles. The van der Waals surface area contributed by atoms with Crippen molar-refractivity contribution in [3.05, 3.63) is 89.1 Å². The summed E-state index contributed by atoms with van der Waals surface area (Å²) in [6.45, 7) is 3.58. The minimum atomic E-state index is -4.26. The lowest BCUT2D eigenvalue weighted by molar-refractivity contribution is 0.0980. The minimum Gasteiger partial charge on any atom is -0.496 e. The Morgan fingerprint density at radius 3 is 2.54 bits per heavy atom. The van der Waals surface area contributed by atoms with Crippen LogP contribution in [0.4, 0.5) is 10.5 Å². The molecular weight excluding hydrogens is 606 g/mol. The van der Waals surface area contributed by atoms with Crippen molar-refractivity contribution in [2.75, 3.05) is 12.4 Å². The van der Waals surface area contributed by atoms with Crippen LogP contribution in [0.2, 0.25) is 0 Å². The summed E-state index contributed by atoms with van der Waals surface area (Å²) < 4.78 is 39.7. The molecule has 0 spiro atoms. The number of nitrogens with one attached hydrogen (secondary N) is 3. The summed E-state index contributed by atoms with van der Waals surface area (Å²) in [5.74, 6) is 4.91. The van der Waals surface area contributed by atoms with E-state index < -0.39 is 28.1 Å². The lowest BCUT2D eigenvalue weighted by atomic mass is 9.91. The number of carbonyl (C=O) groups excluding carboxylic acids is 2. The minimum absolute atomic E-state index is 0.0410. The Hall–Kier alpha value is -4.79. The zero-order valence-electron chi connectivity index (χ0n) is 25.9. The molecule has 2 atom stereocenters. The summed E-state index contributed by atoms with van der Waals surface area (Å²) in [6.07, 6.45) is 4.82. The van der Waals surface area contributed by atoms with Crippen molar-refractivity contribution in [2.45, 2.75) is 69.0 Å². The molecule has 10 nitrogen and oxygen atoms in total. The zero-order valence-corrected chi connectivity index (χ0v) is 26.7. The van der Waals surface area contributed by atoms with Crippen LogP contribution in [0, 0.1) is 11.8 Å². The number of aromatic nitrogens is 1. The fourth-order valence-electron chi connectivity index (χ4n) is 5.59. The highest BCUT2D eigenvalue weighted by Gasteiger charge is 2.24. The number of aliphatic hydroxyl groups excluding tert-OH is 1. The van der Waals surface area contributed by atoms with E-state index in [1.807, 2.05) is 31.3 Å². The van der Waals surface area contributed by atoms with E-state index in [1.165, 1.54) is 19.2 Å². The monoisotopic (exact) mass is 643 g/mol. The van der Waals surface area contributed by atoms with Gasteiger partial charge in [0, 0.05) is 51.8 Å². The van der Waals surface area contributed by atoms with Gasteiger partial charge in [0.15, 0.2) is 0 Å². The largest absolute Gasteiger partial charge is 0.496 e. The van der Waals surface area contributed by atoms with E-state index in [0.717, 1.165) is 47.7 Å². The molecule has 11 heteroatoms. The van der Waals surface area contributed by atoms with Crippen molar-refractivity contribution in [1.29, 1.82) is 0 Å². The van der Waals surface area contributed by atoms with Crippen molar-refractivity contribution in [1.82, 2.24) is 9.71 Å². The summed E-state index contributed by atoms with van der Waals surface area (Å²) in [5.41, 5.74) is 3.52. The number of benzene rings is 3. The van der Waals surface area contributed by atoms with Gasteiger partial charge in [0.2, 0.25) is 0 Å². The van der Waals surface area contributed by atoms with Crippen LogP contribution in [0.3, 0.4) is 0 Å². The van der Waals surface area contributed by atoms with Crippen LogP contribution >= 0.6 is 0 Å². The van der Waals surface area contributed by atoms with E-state index in [-0.39, 0.29) is 34.5 Å². The molecule has 0 saturated heterocycles. The van der Waals surface area contributed by atoms with E-state index in [9.17, 15) is 23.1 Å². The van der Waals surface area contributed by atoms with Crippen molar-refractivity contribution >= 4 is 38.6 Å². The second-order valence-electron chi connectivity index (χ2n) is 11.4. The molecule has 1 aliphatic rings. The summed E-state index contributed by atoms with van der Waals surface area (Å²) in [7, 11) is -2.78. The number of rotatable bonds is 9. The highest BCUT2D eigenvalue weighted by molar-refractivity contribution is 7.90. The van der Waals surface area contributed by atoms with Gasteiger partial charge in [0.25, 0.3) is 15.9 Å². The Balaban J connectivity index is 1.35. The lowest BCUT2D eigenvalue weighted by Gasteiger charge is -2.17. The van der Waals surface area contributed by atoms with E-state index >= 15 is 0 Å². The first-order chi connectivity index (χ1) is 22.1. The van der Waals surface area contributed by atoms with Gasteiger partial charge in [0.1, 0.15) is 16.7 Å². The van der Waals surface area contributed by atoms with Crippen LogP contribution in [0.25, 0.3) is 10.9 Å². The Morgan fingerprint density at radius 2 is 1.80 bits per heavy atom. The molecular formula is C35H37N3O7S. The fraction of sp³-hybridized carbons (Fsp3) is 0.314. The van der Waals surface area contributed by atoms with Crippen molar-refractivity contribution < 1.29 is 32.6 Å². The molecule has 0 radical (unpaired) electrons. The Bertz CT molecular complexity index is 1920. The van der Waals surface area contributed by atoms with Crippen molar-refractivity contribution in [2.24, 2.45) is 0 Å². The number of sulfonamides is 1. The molecule has 46 heavy (non-hydrogen) atoms. The number of methoxy groups -OCH3 is 1. The molecule has 1 aliphatic carbocycles. The Morgan fingerprint density at radius 1 is 1.04 bits per heavy atom. The van der Waals surface area contributed by atoms with Gasteiger partial charge in [-0.25, -0.2) is 17.9 Å². The normalized spacial score (nSPS) is 14.6. The number of hydrogen-bond donors (Lipinski definition) is 4. The molecule has 0 bridgehead atoms. The molecule has 0 aliphatic heterocycles. The van der Waals surface area contributed by atoms with Gasteiger partial charge in [-0.3, -0.25) is 10.1 Å². The maximum absolute atomic E-state index is 13.2. The van der Waals surface area contributed by atoms with Gasteiger partial charge in [-0.15, -0.1) is 0 Å². The van der Waals surface area contributed by atoms with Crippen LogP contribution in [0.5, 0.6) is 5.75 Å². The Kier molecular flexibility index (Phi) is 9.99. The molecule has 1 aromatic heterocycles. The predicted molar refractivity (Wildman–Crippen MR) is 175 cm³/mol. The standard InChI is InChI=1S/C35H37N3O7S/c1-22(39)9-8-11-24-10-4-7-14-33(24)46(42,43)38-34(40)25-15-17-28(32(19-25)44-3)23(2)30-21-36-31-18-16-26(20-29(30)31)37-35(41)45-27-12-5-6-13-27/h4,7,10,14-23,27,36,39H,5-6,9,12-13H2,1-3H3,(H,37,41)(H,38,40). The number of aliphatic hydroxyl groups is 1. The average Bonchev–Trinajstić information content (AvgIpc) is 3.70. The first kappa shape index (κ1) is 32.6. The molecule has 2 amide bonds. The summed E-state index contributed by atoms with van der Waals surface area (Å²) in [5, 5.41) is 13.2. The number of H-pyrrole nitrogens is 1. The maximum Gasteiger partial charge on any atom is 0.411 e. The SMILES string of the molecule is COc1cc(C(=O)NS(=O)(=O)c2ccccc2C#CCC(C)O)ccc1C(C)c1c[nH]c2ccc(NC(=O)OC3CCCC3)cc12. The molecule has 1 heterocycles. The topological polar surface area (TPSA) is 147 Å². The zero-order chi connectivity index (χ0) is 32.8. The highest BCUT2D eigenvalue weighted by Crippen LogP contribution is 2.37. The van der Waals surface area contributed by atoms with Gasteiger partial charge in [-0.2, -0.15) is 0 Å². The molecule has 4 aromatic rings. The maximum atomic E-state index is 13.2. The number of aromatic amines is 1. The van der Waals surface area contributed by atoms with Gasteiger partial charge in [-0.1, -0.05) is 37.0 Å². The summed E-state index contributed by atoms with van der Waals surface area (Å²) >= 11 is 0. The van der Waals surface area contributed by atoms with Gasteiger partial charge < -0.3 is 19.6 Å².